The van der Waals surface area contributed by atoms with Gasteiger partial charge in [-0.25, -0.2) is 0 Å². The van der Waals surface area contributed by atoms with E-state index in [1.54, 1.807) is 0 Å². The number of likely N-dealkylation sites (tertiary alicyclic amines) is 1. The molecule has 0 saturated carbocycles. The highest BCUT2D eigenvalue weighted by Gasteiger charge is 2.29. The Bertz CT molecular complexity index is 350. The van der Waals surface area contributed by atoms with Crippen LogP contribution in [0.3, 0.4) is 0 Å². The van der Waals surface area contributed by atoms with Gasteiger partial charge in [0.2, 0.25) is 0 Å². The standard InChI is InChI=1S/C11H20N4O/c1-8(10-6-11(12)13-16-10)15-5-4-9(7-15)14(2)3/h6,8-9H,4-5,7H2,1-3H3,(H2,12,13). The molecule has 0 radical (unpaired) electrons. The molecule has 0 bridgehead atoms. The maximum Gasteiger partial charge on any atom is 0.167 e. The zero-order valence-electron chi connectivity index (χ0n) is 10.2. The Hall–Kier alpha value is -1.07. The van der Waals surface area contributed by atoms with Crippen LogP contribution in [0.25, 0.3) is 0 Å². The van der Waals surface area contributed by atoms with Gasteiger partial charge in [0.15, 0.2) is 11.6 Å². The Morgan fingerprint density at radius 1 is 1.62 bits per heavy atom. The number of hydrogen-bond acceptors (Lipinski definition) is 5. The molecule has 90 valence electrons. The predicted molar refractivity (Wildman–Crippen MR) is 63.0 cm³/mol. The Labute approximate surface area is 96.2 Å². The fourth-order valence-corrected chi connectivity index (χ4v) is 2.22. The SMILES string of the molecule is CC(c1cc(N)no1)N1CCC(N(C)C)C1. The number of nitrogen functional groups attached to an aromatic ring is 1. The van der Waals surface area contributed by atoms with Crippen LogP contribution in [-0.4, -0.2) is 48.2 Å². The molecule has 0 aliphatic carbocycles. The Morgan fingerprint density at radius 2 is 2.38 bits per heavy atom. The molecule has 1 aromatic rings. The number of likely N-dealkylation sites (N-methyl/N-ethyl adjacent to an activating group) is 1. The topological polar surface area (TPSA) is 58.5 Å². The number of nitrogens with two attached hydrogens (primary N) is 1. The van der Waals surface area contributed by atoms with Gasteiger partial charge in [-0.05, 0) is 27.4 Å². The van der Waals surface area contributed by atoms with Gasteiger partial charge in [0.05, 0.1) is 6.04 Å². The van der Waals surface area contributed by atoms with Gasteiger partial charge >= 0.3 is 0 Å². The van der Waals surface area contributed by atoms with Gasteiger partial charge in [-0.3, -0.25) is 4.90 Å². The molecule has 2 unspecified atom stereocenters. The van der Waals surface area contributed by atoms with Crippen LogP contribution in [-0.2, 0) is 0 Å². The molecule has 2 rings (SSSR count). The predicted octanol–water partition coefficient (Wildman–Crippen LogP) is 0.954. The summed E-state index contributed by atoms with van der Waals surface area (Å²) in [7, 11) is 4.26. The van der Waals surface area contributed by atoms with Crippen molar-refractivity contribution in [3.05, 3.63) is 11.8 Å². The summed E-state index contributed by atoms with van der Waals surface area (Å²) >= 11 is 0. The fraction of sp³-hybridized carbons (Fsp3) is 0.727. The van der Waals surface area contributed by atoms with E-state index in [9.17, 15) is 0 Å². The first kappa shape index (κ1) is 11.4. The van der Waals surface area contributed by atoms with Gasteiger partial charge < -0.3 is 15.2 Å². The van der Waals surface area contributed by atoms with Crippen molar-refractivity contribution in [1.82, 2.24) is 15.0 Å². The van der Waals surface area contributed by atoms with Gasteiger partial charge in [0, 0.05) is 25.2 Å². The van der Waals surface area contributed by atoms with E-state index in [0.29, 0.717) is 11.9 Å². The van der Waals surface area contributed by atoms with Gasteiger partial charge in [-0.2, -0.15) is 0 Å². The van der Waals surface area contributed by atoms with E-state index in [2.05, 4.69) is 36.0 Å². The first-order valence-electron chi connectivity index (χ1n) is 5.70. The van der Waals surface area contributed by atoms with Gasteiger partial charge in [0.1, 0.15) is 0 Å². The molecule has 1 aliphatic rings. The number of anilines is 1. The second-order valence-electron chi connectivity index (χ2n) is 4.73. The van der Waals surface area contributed by atoms with Crippen molar-refractivity contribution in [3.8, 4) is 0 Å². The summed E-state index contributed by atoms with van der Waals surface area (Å²) in [5.74, 6) is 1.32. The summed E-state index contributed by atoms with van der Waals surface area (Å²) in [5, 5.41) is 3.73. The quantitative estimate of drug-likeness (QED) is 0.828. The van der Waals surface area contributed by atoms with Gasteiger partial charge in [-0.1, -0.05) is 5.16 Å². The van der Waals surface area contributed by atoms with E-state index >= 15 is 0 Å². The average molecular weight is 224 g/mol. The minimum atomic E-state index is 0.259. The van der Waals surface area contributed by atoms with Crippen molar-refractivity contribution < 1.29 is 4.52 Å². The number of rotatable bonds is 3. The first-order chi connectivity index (χ1) is 7.58. The largest absolute Gasteiger partial charge is 0.381 e. The molecule has 5 heteroatoms. The summed E-state index contributed by atoms with van der Waals surface area (Å²) < 4.78 is 5.20. The van der Waals surface area contributed by atoms with E-state index in [1.165, 1.54) is 6.42 Å². The third-order valence-corrected chi connectivity index (χ3v) is 3.43. The lowest BCUT2D eigenvalue weighted by Gasteiger charge is -2.23. The normalized spacial score (nSPS) is 24.1. The highest BCUT2D eigenvalue weighted by atomic mass is 16.5. The van der Waals surface area contributed by atoms with Gasteiger partial charge in [0.25, 0.3) is 0 Å². The monoisotopic (exact) mass is 224 g/mol. The van der Waals surface area contributed by atoms with E-state index in [-0.39, 0.29) is 6.04 Å². The average Bonchev–Trinajstić information content (AvgIpc) is 2.84. The molecule has 0 aromatic carbocycles. The van der Waals surface area contributed by atoms with Crippen LogP contribution in [0.15, 0.2) is 10.6 Å². The van der Waals surface area contributed by atoms with E-state index in [1.807, 2.05) is 6.07 Å². The van der Waals surface area contributed by atoms with Crippen LogP contribution in [0, 0.1) is 0 Å². The van der Waals surface area contributed by atoms with Crippen molar-refractivity contribution in [2.45, 2.75) is 25.4 Å². The molecule has 1 aliphatic heterocycles. The zero-order chi connectivity index (χ0) is 11.7. The number of nitrogens with zero attached hydrogens (tertiary/aromatic N) is 3. The van der Waals surface area contributed by atoms with Crippen molar-refractivity contribution >= 4 is 5.82 Å². The molecule has 0 spiro atoms. The maximum absolute atomic E-state index is 5.56. The Morgan fingerprint density at radius 3 is 2.88 bits per heavy atom. The highest BCUT2D eigenvalue weighted by molar-refractivity contribution is 5.27. The summed E-state index contributed by atoms with van der Waals surface area (Å²) in [6.45, 7) is 4.32. The number of aromatic nitrogens is 1. The Kier molecular flexibility index (Phi) is 3.16. The molecular weight excluding hydrogens is 204 g/mol. The summed E-state index contributed by atoms with van der Waals surface area (Å²) in [5.41, 5.74) is 5.56. The molecule has 1 aromatic heterocycles. The second-order valence-corrected chi connectivity index (χ2v) is 4.73. The molecule has 1 fully saturated rings. The minimum Gasteiger partial charge on any atom is -0.381 e. The molecule has 0 amide bonds. The van der Waals surface area contributed by atoms with Crippen LogP contribution in [0.1, 0.15) is 25.1 Å². The zero-order valence-corrected chi connectivity index (χ0v) is 10.2. The second kappa shape index (κ2) is 4.43. The first-order valence-corrected chi connectivity index (χ1v) is 5.70. The van der Waals surface area contributed by atoms with E-state index in [0.717, 1.165) is 18.8 Å². The molecular formula is C11H20N4O. The van der Waals surface area contributed by atoms with Crippen LogP contribution in [0.2, 0.25) is 0 Å². The summed E-state index contributed by atoms with van der Waals surface area (Å²) in [4.78, 5) is 4.69. The van der Waals surface area contributed by atoms with Crippen molar-refractivity contribution in [2.75, 3.05) is 32.9 Å². The van der Waals surface area contributed by atoms with Crippen molar-refractivity contribution in [2.24, 2.45) is 0 Å². The molecule has 5 nitrogen and oxygen atoms in total. The molecule has 16 heavy (non-hydrogen) atoms. The molecule has 2 heterocycles. The van der Waals surface area contributed by atoms with Crippen LogP contribution in [0.4, 0.5) is 5.82 Å². The molecule has 2 atom stereocenters. The lowest BCUT2D eigenvalue weighted by atomic mass is 10.2. The molecule has 1 saturated heterocycles. The smallest absolute Gasteiger partial charge is 0.167 e. The van der Waals surface area contributed by atoms with E-state index < -0.39 is 0 Å². The Balaban J connectivity index is 1.99. The lowest BCUT2D eigenvalue weighted by molar-refractivity contribution is 0.197. The van der Waals surface area contributed by atoms with Gasteiger partial charge in [-0.15, -0.1) is 0 Å². The van der Waals surface area contributed by atoms with Crippen LogP contribution >= 0.6 is 0 Å². The lowest BCUT2D eigenvalue weighted by Crippen LogP contribution is -2.32. The summed E-state index contributed by atoms with van der Waals surface area (Å²) in [6.07, 6.45) is 1.21. The highest BCUT2D eigenvalue weighted by Crippen LogP contribution is 2.26. The minimum absolute atomic E-state index is 0.259. The summed E-state index contributed by atoms with van der Waals surface area (Å²) in [6, 6.07) is 2.71. The van der Waals surface area contributed by atoms with Crippen LogP contribution in [0.5, 0.6) is 0 Å². The van der Waals surface area contributed by atoms with Crippen LogP contribution < -0.4 is 5.73 Å². The molecule has 2 N–H and O–H groups in total. The fourth-order valence-electron chi connectivity index (χ4n) is 2.22. The maximum atomic E-state index is 5.56. The third kappa shape index (κ3) is 2.20. The third-order valence-electron chi connectivity index (χ3n) is 3.43. The number of hydrogen-bond donors (Lipinski definition) is 1. The van der Waals surface area contributed by atoms with Crippen molar-refractivity contribution in [1.29, 1.82) is 0 Å². The van der Waals surface area contributed by atoms with Crippen molar-refractivity contribution in [3.63, 3.8) is 0 Å². The van der Waals surface area contributed by atoms with E-state index in [4.69, 9.17) is 10.3 Å².